The zero-order chi connectivity index (χ0) is 14.1. The van der Waals surface area contributed by atoms with E-state index in [1.54, 1.807) is 0 Å². The van der Waals surface area contributed by atoms with Crippen LogP contribution in [0.3, 0.4) is 0 Å². The second kappa shape index (κ2) is 5.25. The molecule has 2 fully saturated rings. The molecule has 1 aliphatic carbocycles. The Hall–Kier alpha value is -1.28. The van der Waals surface area contributed by atoms with Gasteiger partial charge in [0.15, 0.2) is 5.79 Å². The van der Waals surface area contributed by atoms with Gasteiger partial charge in [-0.2, -0.15) is 5.26 Å². The first-order chi connectivity index (χ1) is 9.67. The molecule has 0 atom stereocenters. The van der Waals surface area contributed by atoms with Gasteiger partial charge in [0, 0.05) is 12.8 Å². The Morgan fingerprint density at radius 2 is 1.75 bits per heavy atom. The molecule has 106 valence electrons. The highest BCUT2D eigenvalue weighted by molar-refractivity contribution is 6.33. The van der Waals surface area contributed by atoms with Gasteiger partial charge < -0.3 is 14.8 Å². The standard InChI is InChI=1S/C15H17ClN2O2/c16-12-3-1-2-4-13(12)18-14(11-17)5-7-15(8-6-14)19-9-10-20-15/h1-4,18H,5-10H2. The van der Waals surface area contributed by atoms with Crippen molar-refractivity contribution in [3.05, 3.63) is 29.3 Å². The van der Waals surface area contributed by atoms with Crippen LogP contribution in [-0.4, -0.2) is 24.5 Å². The lowest BCUT2D eigenvalue weighted by Gasteiger charge is -2.40. The van der Waals surface area contributed by atoms with Crippen LogP contribution in [0.2, 0.25) is 5.02 Å². The fourth-order valence-corrected chi connectivity index (χ4v) is 3.11. The lowest BCUT2D eigenvalue weighted by Crippen LogP contribution is -2.47. The van der Waals surface area contributed by atoms with Crippen molar-refractivity contribution in [1.29, 1.82) is 5.26 Å². The van der Waals surface area contributed by atoms with Crippen LogP contribution < -0.4 is 5.32 Å². The first kappa shape index (κ1) is 13.7. The van der Waals surface area contributed by atoms with Crippen LogP contribution >= 0.6 is 11.6 Å². The fraction of sp³-hybridized carbons (Fsp3) is 0.533. The Kier molecular flexibility index (Phi) is 3.59. The van der Waals surface area contributed by atoms with Crippen LogP contribution in [0.15, 0.2) is 24.3 Å². The van der Waals surface area contributed by atoms with Crippen LogP contribution in [-0.2, 0) is 9.47 Å². The quantitative estimate of drug-likeness (QED) is 0.908. The summed E-state index contributed by atoms with van der Waals surface area (Å²) in [6.07, 6.45) is 2.85. The maximum absolute atomic E-state index is 9.59. The first-order valence-electron chi connectivity index (χ1n) is 6.89. The minimum absolute atomic E-state index is 0.456. The predicted octanol–water partition coefficient (Wildman–Crippen LogP) is 3.33. The van der Waals surface area contributed by atoms with Gasteiger partial charge in [-0.1, -0.05) is 23.7 Å². The Morgan fingerprint density at radius 3 is 2.35 bits per heavy atom. The second-order valence-corrected chi connectivity index (χ2v) is 5.81. The van der Waals surface area contributed by atoms with Gasteiger partial charge >= 0.3 is 0 Å². The molecule has 2 aliphatic rings. The molecule has 1 aliphatic heterocycles. The highest BCUT2D eigenvalue weighted by Crippen LogP contribution is 2.42. The van der Waals surface area contributed by atoms with E-state index in [9.17, 15) is 5.26 Å². The molecular weight excluding hydrogens is 276 g/mol. The zero-order valence-electron chi connectivity index (χ0n) is 11.2. The molecule has 1 aromatic carbocycles. The maximum Gasteiger partial charge on any atom is 0.168 e. The monoisotopic (exact) mass is 292 g/mol. The molecule has 20 heavy (non-hydrogen) atoms. The molecule has 1 spiro atoms. The van der Waals surface area contributed by atoms with Crippen molar-refractivity contribution in [3.63, 3.8) is 0 Å². The normalized spacial score (nSPS) is 23.4. The van der Waals surface area contributed by atoms with E-state index < -0.39 is 11.3 Å². The van der Waals surface area contributed by atoms with E-state index in [4.69, 9.17) is 21.1 Å². The van der Waals surface area contributed by atoms with Crippen LogP contribution in [0.4, 0.5) is 5.69 Å². The van der Waals surface area contributed by atoms with Crippen LogP contribution in [0.1, 0.15) is 25.7 Å². The van der Waals surface area contributed by atoms with E-state index in [-0.39, 0.29) is 0 Å². The number of anilines is 1. The number of halogens is 1. The number of nitriles is 1. The van der Waals surface area contributed by atoms with Gasteiger partial charge in [-0.15, -0.1) is 0 Å². The molecule has 1 heterocycles. The summed E-state index contributed by atoms with van der Waals surface area (Å²) >= 11 is 6.16. The molecular formula is C15H17ClN2O2. The smallest absolute Gasteiger partial charge is 0.168 e. The summed E-state index contributed by atoms with van der Waals surface area (Å²) in [5, 5.41) is 13.5. The van der Waals surface area contributed by atoms with Crippen molar-refractivity contribution in [2.24, 2.45) is 0 Å². The van der Waals surface area contributed by atoms with Crippen LogP contribution in [0.5, 0.6) is 0 Å². The zero-order valence-corrected chi connectivity index (χ0v) is 11.9. The Balaban J connectivity index is 1.74. The molecule has 0 aromatic heterocycles. The predicted molar refractivity (Wildman–Crippen MR) is 76.5 cm³/mol. The molecule has 1 saturated carbocycles. The van der Waals surface area contributed by atoms with Crippen molar-refractivity contribution >= 4 is 17.3 Å². The topological polar surface area (TPSA) is 54.3 Å². The summed E-state index contributed by atoms with van der Waals surface area (Å²) in [4.78, 5) is 0. The molecule has 0 unspecified atom stereocenters. The Labute approximate surface area is 123 Å². The first-order valence-corrected chi connectivity index (χ1v) is 7.27. The van der Waals surface area contributed by atoms with Crippen LogP contribution in [0, 0.1) is 11.3 Å². The van der Waals surface area contributed by atoms with Crippen molar-refractivity contribution < 1.29 is 9.47 Å². The van der Waals surface area contributed by atoms with E-state index in [2.05, 4.69) is 11.4 Å². The minimum atomic E-state index is -0.592. The third-order valence-corrected chi connectivity index (χ3v) is 4.47. The van der Waals surface area contributed by atoms with E-state index in [0.717, 1.165) is 18.5 Å². The number of hydrogen-bond donors (Lipinski definition) is 1. The number of nitrogens with one attached hydrogen (secondary N) is 1. The Morgan fingerprint density at radius 1 is 1.10 bits per heavy atom. The van der Waals surface area contributed by atoms with E-state index in [1.165, 1.54) is 0 Å². The number of nitrogens with zero attached hydrogens (tertiary/aromatic N) is 1. The molecule has 3 rings (SSSR count). The molecule has 0 radical (unpaired) electrons. The molecule has 4 nitrogen and oxygen atoms in total. The van der Waals surface area contributed by atoms with E-state index >= 15 is 0 Å². The lowest BCUT2D eigenvalue weighted by atomic mass is 9.79. The van der Waals surface area contributed by atoms with Crippen molar-refractivity contribution in [1.82, 2.24) is 0 Å². The number of hydrogen-bond acceptors (Lipinski definition) is 4. The summed E-state index contributed by atoms with van der Waals surface area (Å²) in [6.45, 7) is 1.30. The average molecular weight is 293 g/mol. The van der Waals surface area contributed by atoms with Gasteiger partial charge in [-0.05, 0) is 25.0 Å². The lowest BCUT2D eigenvalue weighted by molar-refractivity contribution is -0.180. The van der Waals surface area contributed by atoms with Gasteiger partial charge in [0.25, 0.3) is 0 Å². The van der Waals surface area contributed by atoms with Crippen molar-refractivity contribution in [2.75, 3.05) is 18.5 Å². The van der Waals surface area contributed by atoms with E-state index in [1.807, 2.05) is 24.3 Å². The summed E-state index contributed by atoms with van der Waals surface area (Å²) in [5.74, 6) is -0.456. The minimum Gasteiger partial charge on any atom is -0.366 e. The van der Waals surface area contributed by atoms with Gasteiger partial charge in [0.1, 0.15) is 5.54 Å². The SMILES string of the molecule is N#CC1(Nc2ccccc2Cl)CCC2(CC1)OCCO2. The molecule has 1 aromatic rings. The molecule has 1 saturated heterocycles. The van der Waals surface area contributed by atoms with Gasteiger partial charge in [0.2, 0.25) is 0 Å². The number of benzene rings is 1. The Bertz CT molecular complexity index is 525. The fourth-order valence-electron chi connectivity index (χ4n) is 2.93. The van der Waals surface area contributed by atoms with Gasteiger partial charge in [0.05, 0.1) is 30.0 Å². The van der Waals surface area contributed by atoms with Gasteiger partial charge in [-0.25, -0.2) is 0 Å². The largest absolute Gasteiger partial charge is 0.366 e. The summed E-state index contributed by atoms with van der Waals surface area (Å²) in [7, 11) is 0. The highest BCUT2D eigenvalue weighted by atomic mass is 35.5. The summed E-state index contributed by atoms with van der Waals surface area (Å²) in [5.41, 5.74) is 0.214. The summed E-state index contributed by atoms with van der Waals surface area (Å²) in [6, 6.07) is 9.92. The molecule has 0 amide bonds. The second-order valence-electron chi connectivity index (χ2n) is 5.41. The third kappa shape index (κ3) is 2.49. The van der Waals surface area contributed by atoms with E-state index in [0.29, 0.717) is 31.1 Å². The van der Waals surface area contributed by atoms with Crippen molar-refractivity contribution in [3.8, 4) is 6.07 Å². The summed E-state index contributed by atoms with van der Waals surface area (Å²) < 4.78 is 11.4. The molecule has 0 bridgehead atoms. The number of ether oxygens (including phenoxy) is 2. The third-order valence-electron chi connectivity index (χ3n) is 4.14. The average Bonchev–Trinajstić information content (AvgIpc) is 2.93. The van der Waals surface area contributed by atoms with Crippen molar-refractivity contribution in [2.45, 2.75) is 37.0 Å². The molecule has 5 heteroatoms. The maximum atomic E-state index is 9.59. The number of para-hydroxylation sites is 1. The van der Waals surface area contributed by atoms with Crippen LogP contribution in [0.25, 0.3) is 0 Å². The molecule has 1 N–H and O–H groups in total. The highest BCUT2D eigenvalue weighted by Gasteiger charge is 2.46. The number of rotatable bonds is 2. The van der Waals surface area contributed by atoms with Gasteiger partial charge in [-0.3, -0.25) is 0 Å².